The third kappa shape index (κ3) is 38.7. The van der Waals surface area contributed by atoms with Gasteiger partial charge in [-0.3, -0.25) is 77.2 Å². The second-order valence-electron chi connectivity index (χ2n) is 37.7. The SMILES string of the molecule is CCOC1OC(=O)C=C1Br.CCOC1OC(=O)C=C1NC(=O)[C@@H]1CCCN1C.CCOC1OC(=O)C=C1NC(=O)[C@@H]1CCCN1C.CCO[C@@H]1OC(=O)C=C1NC(=O)[C@@H]1CCCN1C.CCO[C@@H]1OC(=O)C=C1NC(=O)[C@@H]1CCCN1C.CCO[C@@H]1OC(=O)C[C@@H]1NC(=O)[C@@H]1CCCN1.CCO[C@@H]1OC(=O)C[C@@H]1NC(=O)[C@@H]1CCCN1C(=O)[C@@H](NC)C(C)(C)C.CN1CCC[C@H]1C(N)=O.CN[C@H](C(=O)O)C(C)(C)C. The van der Waals surface area contributed by atoms with Gasteiger partial charge in [0.15, 0.2) is 0 Å². The summed E-state index contributed by atoms with van der Waals surface area (Å²) in [5.74, 6) is -4.82. The number of likely N-dealkylation sites (tertiary alicyclic amines) is 6. The number of carbonyl (C=O) groups excluding carboxylic acids is 15. The van der Waals surface area contributed by atoms with E-state index in [4.69, 9.17) is 77.2 Å². The molecule has 18 atom stereocenters. The predicted octanol–water partition coefficient (Wildman–Crippen LogP) is 1.39. The van der Waals surface area contributed by atoms with E-state index in [1.54, 1.807) is 53.6 Å². The van der Waals surface area contributed by atoms with E-state index in [2.05, 4.69) is 63.8 Å². The Morgan fingerprint density at radius 2 is 0.688 bits per heavy atom. The van der Waals surface area contributed by atoms with Crippen molar-refractivity contribution in [3.63, 3.8) is 0 Å². The van der Waals surface area contributed by atoms with E-state index in [-0.39, 0.29) is 131 Å². The molecule has 0 saturated carbocycles. The number of carbonyl (C=O) groups is 16. The van der Waals surface area contributed by atoms with Gasteiger partial charge >= 0.3 is 47.8 Å². The molecule has 48 heteroatoms. The van der Waals surface area contributed by atoms with Crippen molar-refractivity contribution < 1.29 is 148 Å². The molecule has 0 aliphatic carbocycles. The number of amides is 8. The fourth-order valence-electron chi connectivity index (χ4n) is 17.6. The van der Waals surface area contributed by atoms with Crippen molar-refractivity contribution in [3.05, 3.63) is 57.7 Å². The number of likely N-dealkylation sites (N-methyl/N-ethyl adjacent to an activating group) is 7. The fourth-order valence-corrected chi connectivity index (χ4v) is 18.0. The molecular formula is C96H155BrN16O31. The molecule has 0 aromatic heterocycles. The van der Waals surface area contributed by atoms with Crippen LogP contribution in [-0.4, -0.2) is 381 Å². The number of nitrogens with one attached hydrogen (secondary N) is 9. The first-order valence-electron chi connectivity index (χ1n) is 49.4. The summed E-state index contributed by atoms with van der Waals surface area (Å²) in [4.78, 5) is 196. The molecule has 9 fully saturated rings. The standard InChI is InChI=1S/C18H31N3O5.4C12H18N2O4.C11H18N2O4.C7H15NO2.C6H7BrO3.C6H12N2O/c1-6-25-17-11(10-13(22)26-17)20-15(23)12-8-7-9-21(12)16(24)14(19-5)18(2,3)4;4*1-3-17-12-8(7-10(15)18-12)13-11(16)9-5-4-6-14(9)2;1-2-16-11-8(6-9(14)17-11)13-10(15)7-4-3-5-12-7;1-7(2,3)5(8-4)6(9)10;1-2-9-6-4(7)3-5(8)10-6;1-8-4-2-3-5(8)6(7)9/h11-12,14,17,19H,6-10H2,1-5H3,(H,20,23);4*7,9,12H,3-6H2,1-2H3,(H,13,16);7-8,11-12H,2-6H2,1H3,(H,13,15);5,8H,1-4H3,(H,9,10);3,6H,2H2,1H3;5H,2-4H2,1H3,(H2,7,9)/t11-,12-,14+,17+;2*9-,12?;2*9-,12+;7-,8-,11+;5-;;5-/m0000001.0/s1. The van der Waals surface area contributed by atoms with E-state index < -0.39 is 98.0 Å². The van der Waals surface area contributed by atoms with Gasteiger partial charge in [0.05, 0.1) is 82.4 Å². The number of nitrogens with zero attached hydrogens (tertiary/aromatic N) is 6. The molecule has 812 valence electrons. The van der Waals surface area contributed by atoms with E-state index in [0.717, 1.165) is 123 Å². The van der Waals surface area contributed by atoms with Gasteiger partial charge in [0.25, 0.3) is 0 Å². The van der Waals surface area contributed by atoms with Crippen LogP contribution in [0, 0.1) is 10.8 Å². The molecule has 0 spiro atoms. The molecule has 3 unspecified atom stereocenters. The second kappa shape index (κ2) is 61.0. The molecule has 0 bridgehead atoms. The van der Waals surface area contributed by atoms with E-state index in [0.29, 0.717) is 86.5 Å². The summed E-state index contributed by atoms with van der Waals surface area (Å²) in [6.07, 6.45) is 14.3. The minimum Gasteiger partial charge on any atom is -0.480 e. The lowest BCUT2D eigenvalue weighted by Crippen LogP contribution is -2.57. The zero-order valence-corrected chi connectivity index (χ0v) is 88.4. The minimum atomic E-state index is -0.796. The number of esters is 7. The van der Waals surface area contributed by atoms with Crippen LogP contribution in [0.3, 0.4) is 0 Å². The van der Waals surface area contributed by atoms with Gasteiger partial charge in [-0.2, -0.15) is 0 Å². The van der Waals surface area contributed by atoms with E-state index >= 15 is 0 Å². The van der Waals surface area contributed by atoms with Crippen LogP contribution in [0.25, 0.3) is 0 Å². The zero-order chi connectivity index (χ0) is 107. The lowest BCUT2D eigenvalue weighted by molar-refractivity contribution is -0.165. The summed E-state index contributed by atoms with van der Waals surface area (Å²) in [6.45, 7) is 33.4. The third-order valence-corrected chi connectivity index (χ3v) is 25.4. The van der Waals surface area contributed by atoms with Gasteiger partial charge < -0.3 is 130 Å². The highest BCUT2D eigenvalue weighted by Gasteiger charge is 2.46. The van der Waals surface area contributed by atoms with Crippen LogP contribution < -0.4 is 53.6 Å². The van der Waals surface area contributed by atoms with Crippen molar-refractivity contribution in [2.24, 2.45) is 16.6 Å². The van der Waals surface area contributed by atoms with Crippen LogP contribution in [0.5, 0.6) is 0 Å². The number of primary amides is 1. The zero-order valence-electron chi connectivity index (χ0n) is 86.8. The summed E-state index contributed by atoms with van der Waals surface area (Å²) in [6, 6.07) is -2.93. The molecule has 0 radical (unpaired) electrons. The van der Waals surface area contributed by atoms with E-state index in [9.17, 15) is 76.7 Å². The number of nitrogens with two attached hydrogens (primary N) is 1. The Kier molecular flexibility index (Phi) is 52.0. The molecule has 8 amide bonds. The van der Waals surface area contributed by atoms with Gasteiger partial charge in [0, 0.05) is 83.2 Å². The maximum atomic E-state index is 13.0. The number of aliphatic carboxylic acids is 1. The van der Waals surface area contributed by atoms with Crippen LogP contribution in [0.2, 0.25) is 0 Å². The first-order valence-corrected chi connectivity index (χ1v) is 50.2. The highest BCUT2D eigenvalue weighted by atomic mass is 79.9. The van der Waals surface area contributed by atoms with Crippen molar-refractivity contribution in [3.8, 4) is 0 Å². The number of carboxylic acid groups (broad SMARTS) is 1. The largest absolute Gasteiger partial charge is 0.480 e. The lowest BCUT2D eigenvalue weighted by Gasteiger charge is -2.35. The number of cyclic esters (lactones) is 7. The van der Waals surface area contributed by atoms with Gasteiger partial charge in [-0.05, 0) is 254 Å². The molecule has 0 aromatic rings. The maximum absolute atomic E-state index is 13.0. The Bertz CT molecular complexity index is 4190. The number of carboxylic acids is 1. The minimum absolute atomic E-state index is 0.00463. The predicted molar refractivity (Wildman–Crippen MR) is 521 cm³/mol. The van der Waals surface area contributed by atoms with Crippen LogP contribution in [0.1, 0.15) is 193 Å². The normalized spacial score (nSPS) is 27.4. The number of rotatable bonds is 31. The molecule has 0 aromatic carbocycles. The van der Waals surface area contributed by atoms with Gasteiger partial charge in [-0.1, -0.05) is 41.5 Å². The topological polar surface area (TPSA) is 576 Å². The number of ether oxygens (including phenoxy) is 14. The average molecular weight is 2110 g/mol. The Morgan fingerprint density at radius 1 is 0.396 bits per heavy atom. The van der Waals surface area contributed by atoms with Crippen molar-refractivity contribution in [2.75, 3.05) is 141 Å². The van der Waals surface area contributed by atoms with Crippen LogP contribution >= 0.6 is 15.9 Å². The summed E-state index contributed by atoms with van der Waals surface area (Å²) >= 11 is 3.14. The molecule has 14 aliphatic heterocycles. The number of hydrogen-bond acceptors (Lipinski definition) is 38. The monoisotopic (exact) mass is 2110 g/mol. The van der Waals surface area contributed by atoms with Gasteiger partial charge in [0.2, 0.25) is 91.3 Å². The number of hydrogen-bond donors (Lipinski definition) is 11. The maximum Gasteiger partial charge on any atom is 0.335 e. The summed E-state index contributed by atoms with van der Waals surface area (Å²) in [7, 11) is 13.0. The van der Waals surface area contributed by atoms with Gasteiger partial charge in [-0.15, -0.1) is 0 Å². The lowest BCUT2D eigenvalue weighted by atomic mass is 9.86. The van der Waals surface area contributed by atoms with Crippen LogP contribution in [0.4, 0.5) is 0 Å². The molecule has 12 N–H and O–H groups in total. The molecule has 47 nitrogen and oxygen atoms in total. The Balaban J connectivity index is 0.000000252. The number of halogens is 1. The average Bonchev–Trinajstić information content (AvgIpc) is 1.62. The van der Waals surface area contributed by atoms with Crippen LogP contribution in [-0.2, 0) is 143 Å². The first kappa shape index (κ1) is 123. The Morgan fingerprint density at radius 3 is 0.938 bits per heavy atom. The molecule has 14 heterocycles. The summed E-state index contributed by atoms with van der Waals surface area (Å²) < 4.78 is 71.7. The van der Waals surface area contributed by atoms with Crippen LogP contribution in [0.15, 0.2) is 57.7 Å². The van der Waals surface area contributed by atoms with Crippen molar-refractivity contribution >= 4 is 111 Å². The highest BCUT2D eigenvalue weighted by Crippen LogP contribution is 2.31. The molecule has 14 rings (SSSR count). The van der Waals surface area contributed by atoms with Crippen molar-refractivity contribution in [2.45, 2.75) is 303 Å². The molecule has 144 heavy (non-hydrogen) atoms. The second-order valence-corrected chi connectivity index (χ2v) is 38.6. The van der Waals surface area contributed by atoms with E-state index in [1.165, 1.54) is 30.4 Å². The Hall–Kier alpha value is -9.90. The van der Waals surface area contributed by atoms with E-state index in [1.807, 2.05) is 115 Å². The van der Waals surface area contributed by atoms with Gasteiger partial charge in [0.1, 0.15) is 24.2 Å². The molecule has 9 saturated heterocycles. The van der Waals surface area contributed by atoms with Crippen molar-refractivity contribution in [1.82, 2.24) is 77.3 Å². The van der Waals surface area contributed by atoms with Gasteiger partial charge in [-0.25, -0.2) is 24.0 Å². The molecule has 14 aliphatic rings. The summed E-state index contributed by atoms with van der Waals surface area (Å²) in [5, 5.41) is 34.1. The Labute approximate surface area is 851 Å². The van der Waals surface area contributed by atoms with Crippen molar-refractivity contribution in [1.29, 1.82) is 0 Å². The third-order valence-electron chi connectivity index (χ3n) is 24.8. The fraction of sp³-hybridized carbons (Fsp3) is 0.729. The highest BCUT2D eigenvalue weighted by molar-refractivity contribution is 9.11. The molecular weight excluding hydrogens is 1950 g/mol. The summed E-state index contributed by atoms with van der Waals surface area (Å²) in [5.41, 5.74) is 6.21. The quantitative estimate of drug-likeness (QED) is 0.0345. The smallest absolute Gasteiger partial charge is 0.335 e. The first-order chi connectivity index (χ1) is 68.2.